The van der Waals surface area contributed by atoms with E-state index in [1.807, 2.05) is 42.0 Å². The summed E-state index contributed by atoms with van der Waals surface area (Å²) in [6.07, 6.45) is 1.89. The molecule has 0 amide bonds. The Kier molecular flexibility index (Phi) is 3.22. The maximum Gasteiger partial charge on any atom is 0.336 e. The maximum absolute atomic E-state index is 13.4. The van der Waals surface area contributed by atoms with E-state index in [0.717, 1.165) is 16.5 Å². The highest BCUT2D eigenvalue weighted by Crippen LogP contribution is 2.20. The molecule has 1 aromatic heterocycles. The summed E-state index contributed by atoms with van der Waals surface area (Å²) in [4.78, 5) is 11.2. The van der Waals surface area contributed by atoms with Crippen LogP contribution < -0.4 is 0 Å². The summed E-state index contributed by atoms with van der Waals surface area (Å²) in [5, 5.41) is 10.3. The summed E-state index contributed by atoms with van der Waals surface area (Å²) in [7, 11) is 0. The molecule has 0 saturated heterocycles. The largest absolute Gasteiger partial charge is 0.478 e. The van der Waals surface area contributed by atoms with E-state index < -0.39 is 11.8 Å². The van der Waals surface area contributed by atoms with Gasteiger partial charge in [0.1, 0.15) is 5.82 Å². The SMILES string of the molecule is Cc1ccc2ccn(Cc3cc(F)ccc3C(=O)O)c2c1. The van der Waals surface area contributed by atoms with Gasteiger partial charge < -0.3 is 9.67 Å². The van der Waals surface area contributed by atoms with E-state index in [1.54, 1.807) is 0 Å². The number of aromatic carboxylic acids is 1. The molecule has 0 aliphatic rings. The van der Waals surface area contributed by atoms with Gasteiger partial charge in [-0.1, -0.05) is 12.1 Å². The van der Waals surface area contributed by atoms with Gasteiger partial charge in [-0.15, -0.1) is 0 Å². The Labute approximate surface area is 121 Å². The van der Waals surface area contributed by atoms with Gasteiger partial charge in [-0.2, -0.15) is 0 Å². The highest BCUT2D eigenvalue weighted by Gasteiger charge is 2.12. The van der Waals surface area contributed by atoms with Crippen LogP contribution in [0.3, 0.4) is 0 Å². The molecule has 0 unspecified atom stereocenters. The minimum absolute atomic E-state index is 0.130. The molecule has 4 heteroatoms. The molecule has 0 aliphatic carbocycles. The number of carboxylic acid groups (broad SMARTS) is 1. The molecular weight excluding hydrogens is 269 g/mol. The maximum atomic E-state index is 13.4. The second-order valence-electron chi connectivity index (χ2n) is 5.11. The van der Waals surface area contributed by atoms with Crippen molar-refractivity contribution in [3.05, 3.63) is 71.2 Å². The Bertz CT molecular complexity index is 836. The second kappa shape index (κ2) is 5.05. The number of hydrogen-bond acceptors (Lipinski definition) is 1. The molecule has 3 nitrogen and oxygen atoms in total. The molecule has 21 heavy (non-hydrogen) atoms. The normalized spacial score (nSPS) is 11.0. The zero-order chi connectivity index (χ0) is 15.0. The van der Waals surface area contributed by atoms with Gasteiger partial charge in [-0.25, -0.2) is 9.18 Å². The fourth-order valence-electron chi connectivity index (χ4n) is 2.52. The van der Waals surface area contributed by atoms with Gasteiger partial charge in [0.2, 0.25) is 0 Å². The van der Waals surface area contributed by atoms with Crippen LogP contribution in [0.15, 0.2) is 48.7 Å². The lowest BCUT2D eigenvalue weighted by Crippen LogP contribution is -2.07. The first-order valence-corrected chi connectivity index (χ1v) is 6.62. The van der Waals surface area contributed by atoms with Crippen LogP contribution >= 0.6 is 0 Å². The van der Waals surface area contributed by atoms with Gasteiger partial charge in [0.25, 0.3) is 0 Å². The molecule has 106 valence electrons. The molecule has 3 rings (SSSR count). The minimum Gasteiger partial charge on any atom is -0.478 e. The molecule has 0 spiro atoms. The first-order valence-electron chi connectivity index (χ1n) is 6.62. The van der Waals surface area contributed by atoms with Crippen LogP contribution in [0.1, 0.15) is 21.5 Å². The van der Waals surface area contributed by atoms with Gasteiger partial charge in [0.15, 0.2) is 0 Å². The standard InChI is InChI=1S/C17H14FNO2/c1-11-2-3-12-6-7-19(16(12)8-11)10-13-9-14(18)4-5-15(13)17(20)21/h2-9H,10H2,1H3,(H,20,21). The number of fused-ring (bicyclic) bond motifs is 1. The number of nitrogens with zero attached hydrogens (tertiary/aromatic N) is 1. The average molecular weight is 283 g/mol. The van der Waals surface area contributed by atoms with Gasteiger partial charge in [-0.3, -0.25) is 0 Å². The monoisotopic (exact) mass is 283 g/mol. The Hall–Kier alpha value is -2.62. The van der Waals surface area contributed by atoms with E-state index in [-0.39, 0.29) is 5.56 Å². The highest BCUT2D eigenvalue weighted by atomic mass is 19.1. The molecule has 0 atom stereocenters. The third-order valence-electron chi connectivity index (χ3n) is 3.57. The quantitative estimate of drug-likeness (QED) is 0.793. The molecular formula is C17H14FNO2. The van der Waals surface area contributed by atoms with Crippen molar-refractivity contribution in [1.29, 1.82) is 0 Å². The second-order valence-corrected chi connectivity index (χ2v) is 5.11. The fraction of sp³-hybridized carbons (Fsp3) is 0.118. The zero-order valence-corrected chi connectivity index (χ0v) is 11.5. The van der Waals surface area contributed by atoms with Crippen LogP contribution in [-0.4, -0.2) is 15.6 Å². The number of carbonyl (C=O) groups is 1. The molecule has 1 heterocycles. The summed E-state index contributed by atoms with van der Waals surface area (Å²) >= 11 is 0. The Balaban J connectivity index is 2.08. The van der Waals surface area contributed by atoms with Crippen molar-refractivity contribution in [3.63, 3.8) is 0 Å². The van der Waals surface area contributed by atoms with Crippen molar-refractivity contribution in [1.82, 2.24) is 4.57 Å². The van der Waals surface area contributed by atoms with Crippen LogP contribution in [-0.2, 0) is 6.54 Å². The Morgan fingerprint density at radius 3 is 2.76 bits per heavy atom. The number of rotatable bonds is 3. The van der Waals surface area contributed by atoms with E-state index in [9.17, 15) is 14.3 Å². The van der Waals surface area contributed by atoms with Crippen LogP contribution in [0.25, 0.3) is 10.9 Å². The third kappa shape index (κ3) is 2.52. The smallest absolute Gasteiger partial charge is 0.336 e. The van der Waals surface area contributed by atoms with Gasteiger partial charge in [0.05, 0.1) is 5.56 Å². The van der Waals surface area contributed by atoms with E-state index in [4.69, 9.17) is 0 Å². The van der Waals surface area contributed by atoms with E-state index in [2.05, 4.69) is 0 Å². The van der Waals surface area contributed by atoms with Crippen LogP contribution in [0, 0.1) is 12.7 Å². The van der Waals surface area contributed by atoms with Gasteiger partial charge >= 0.3 is 5.97 Å². The average Bonchev–Trinajstić information content (AvgIpc) is 2.81. The highest BCUT2D eigenvalue weighted by molar-refractivity contribution is 5.89. The minimum atomic E-state index is -1.04. The number of benzene rings is 2. The fourth-order valence-corrected chi connectivity index (χ4v) is 2.52. The third-order valence-corrected chi connectivity index (χ3v) is 3.57. The van der Waals surface area contributed by atoms with Crippen molar-refractivity contribution < 1.29 is 14.3 Å². The molecule has 0 aliphatic heterocycles. The van der Waals surface area contributed by atoms with E-state index in [1.165, 1.54) is 18.2 Å². The molecule has 0 radical (unpaired) electrons. The van der Waals surface area contributed by atoms with Crippen LogP contribution in [0.5, 0.6) is 0 Å². The predicted molar refractivity (Wildman–Crippen MR) is 79.1 cm³/mol. The van der Waals surface area contributed by atoms with Crippen molar-refractivity contribution in [3.8, 4) is 0 Å². The lowest BCUT2D eigenvalue weighted by atomic mass is 10.1. The lowest BCUT2D eigenvalue weighted by molar-refractivity contribution is 0.0695. The molecule has 1 N–H and O–H groups in total. The lowest BCUT2D eigenvalue weighted by Gasteiger charge is -2.09. The predicted octanol–water partition coefficient (Wildman–Crippen LogP) is 3.84. The van der Waals surface area contributed by atoms with Crippen molar-refractivity contribution in [2.24, 2.45) is 0 Å². The van der Waals surface area contributed by atoms with E-state index in [0.29, 0.717) is 12.1 Å². The summed E-state index contributed by atoms with van der Waals surface area (Å²) in [6.45, 7) is 2.33. The van der Waals surface area contributed by atoms with Crippen LogP contribution in [0.2, 0.25) is 0 Å². The molecule has 0 fully saturated rings. The first kappa shape index (κ1) is 13.4. The number of aromatic nitrogens is 1. The van der Waals surface area contributed by atoms with Crippen LogP contribution in [0.4, 0.5) is 4.39 Å². The van der Waals surface area contributed by atoms with Crippen molar-refractivity contribution >= 4 is 16.9 Å². The summed E-state index contributed by atoms with van der Waals surface area (Å²) in [6, 6.07) is 11.8. The number of hydrogen-bond donors (Lipinski definition) is 1. The Morgan fingerprint density at radius 2 is 2.00 bits per heavy atom. The number of halogens is 1. The van der Waals surface area contributed by atoms with Crippen molar-refractivity contribution in [2.75, 3.05) is 0 Å². The van der Waals surface area contributed by atoms with Crippen molar-refractivity contribution in [2.45, 2.75) is 13.5 Å². The Morgan fingerprint density at radius 1 is 1.19 bits per heavy atom. The zero-order valence-electron chi connectivity index (χ0n) is 11.5. The molecule has 3 aromatic rings. The molecule has 2 aromatic carbocycles. The summed E-state index contributed by atoms with van der Waals surface area (Å²) in [5.41, 5.74) is 2.73. The topological polar surface area (TPSA) is 42.2 Å². The molecule has 0 saturated carbocycles. The number of carboxylic acids is 1. The van der Waals surface area contributed by atoms with E-state index >= 15 is 0 Å². The van der Waals surface area contributed by atoms with Gasteiger partial charge in [-0.05, 0) is 53.8 Å². The number of aryl methyl sites for hydroxylation is 1. The first-order chi connectivity index (χ1) is 10.0. The summed E-state index contributed by atoms with van der Waals surface area (Å²) < 4.78 is 15.3. The summed E-state index contributed by atoms with van der Waals surface area (Å²) in [5.74, 6) is -1.47. The molecule has 0 bridgehead atoms. The van der Waals surface area contributed by atoms with Gasteiger partial charge in [0, 0.05) is 18.3 Å².